The molecule has 0 spiro atoms. The first-order chi connectivity index (χ1) is 7.66. The first kappa shape index (κ1) is 12.3. The predicted octanol–water partition coefficient (Wildman–Crippen LogP) is 0.943. The van der Waals surface area contributed by atoms with E-state index in [1.807, 2.05) is 0 Å². The second-order valence-corrected chi connectivity index (χ2v) is 6.98. The molecule has 1 unspecified atom stereocenters. The van der Waals surface area contributed by atoms with Gasteiger partial charge in [0.05, 0.1) is 5.25 Å². The van der Waals surface area contributed by atoms with Crippen LogP contribution in [0.4, 0.5) is 0 Å². The summed E-state index contributed by atoms with van der Waals surface area (Å²) in [6, 6.07) is 0.194. The Hall–Kier alpha value is -0.130. The molecule has 0 bridgehead atoms. The van der Waals surface area contributed by atoms with Gasteiger partial charge in [-0.3, -0.25) is 0 Å². The second kappa shape index (κ2) is 5.02. The van der Waals surface area contributed by atoms with Gasteiger partial charge in [-0.05, 0) is 32.2 Å². The van der Waals surface area contributed by atoms with E-state index in [1.165, 1.54) is 0 Å². The van der Waals surface area contributed by atoms with Gasteiger partial charge in [0.25, 0.3) is 0 Å². The number of likely N-dealkylation sites (N-methyl/N-ethyl adjacent to an activating group) is 1. The molecule has 0 aromatic carbocycles. The Bertz CT molecular complexity index is 325. The molecule has 5 heteroatoms. The largest absolute Gasteiger partial charge is 0.315 e. The van der Waals surface area contributed by atoms with Crippen molar-refractivity contribution in [2.24, 2.45) is 0 Å². The number of hydrogen-bond acceptors (Lipinski definition) is 3. The Morgan fingerprint density at radius 1 is 1.25 bits per heavy atom. The molecule has 1 saturated heterocycles. The molecule has 0 aromatic rings. The van der Waals surface area contributed by atoms with Gasteiger partial charge < -0.3 is 5.32 Å². The molecule has 1 aliphatic carbocycles. The summed E-state index contributed by atoms with van der Waals surface area (Å²) in [6.07, 6.45) is 4.93. The van der Waals surface area contributed by atoms with Crippen molar-refractivity contribution in [3.8, 4) is 0 Å². The van der Waals surface area contributed by atoms with E-state index in [9.17, 15) is 8.42 Å². The maximum absolute atomic E-state index is 12.2. The van der Waals surface area contributed by atoms with E-state index in [-0.39, 0.29) is 11.3 Å². The minimum absolute atomic E-state index is 0.0604. The average molecular weight is 246 g/mol. The van der Waals surface area contributed by atoms with Crippen molar-refractivity contribution in [2.45, 2.75) is 50.3 Å². The van der Waals surface area contributed by atoms with Crippen molar-refractivity contribution in [3.05, 3.63) is 0 Å². The molecule has 4 nitrogen and oxygen atoms in total. The van der Waals surface area contributed by atoms with Crippen molar-refractivity contribution in [1.29, 1.82) is 0 Å². The molecule has 1 atom stereocenters. The van der Waals surface area contributed by atoms with E-state index in [4.69, 9.17) is 0 Å². The zero-order chi connectivity index (χ0) is 11.6. The molecule has 94 valence electrons. The molecular formula is C11H22N2O2S. The summed E-state index contributed by atoms with van der Waals surface area (Å²) in [5.41, 5.74) is 0. The minimum Gasteiger partial charge on any atom is -0.315 e. The van der Waals surface area contributed by atoms with Gasteiger partial charge in [0.1, 0.15) is 0 Å². The molecule has 1 saturated carbocycles. The highest BCUT2D eigenvalue weighted by Gasteiger charge is 2.43. The Balaban J connectivity index is 2.03. The van der Waals surface area contributed by atoms with Crippen LogP contribution in [0.2, 0.25) is 0 Å². The van der Waals surface area contributed by atoms with Gasteiger partial charge in [-0.25, -0.2) is 8.42 Å². The summed E-state index contributed by atoms with van der Waals surface area (Å²) in [6.45, 7) is 4.51. The van der Waals surface area contributed by atoms with Crippen LogP contribution in [0.5, 0.6) is 0 Å². The minimum atomic E-state index is -2.98. The van der Waals surface area contributed by atoms with Gasteiger partial charge in [-0.2, -0.15) is 4.31 Å². The summed E-state index contributed by atoms with van der Waals surface area (Å²) in [5, 5.41) is 3.21. The third kappa shape index (κ3) is 2.57. The lowest BCUT2D eigenvalue weighted by molar-refractivity contribution is 0.246. The fraction of sp³-hybridized carbons (Fsp3) is 1.00. The Kier molecular flexibility index (Phi) is 3.87. The van der Waals surface area contributed by atoms with Crippen molar-refractivity contribution in [2.75, 3.05) is 19.6 Å². The average Bonchev–Trinajstić information content (AvgIpc) is 3.10. The number of piperidine rings is 1. The van der Waals surface area contributed by atoms with Gasteiger partial charge >= 0.3 is 0 Å². The first-order valence-corrected chi connectivity index (χ1v) is 7.88. The predicted molar refractivity (Wildman–Crippen MR) is 64.8 cm³/mol. The molecule has 16 heavy (non-hydrogen) atoms. The van der Waals surface area contributed by atoms with Crippen LogP contribution in [0.25, 0.3) is 0 Å². The lowest BCUT2D eigenvalue weighted by Gasteiger charge is -2.34. The third-order valence-corrected chi connectivity index (χ3v) is 5.92. The van der Waals surface area contributed by atoms with Crippen molar-refractivity contribution in [1.82, 2.24) is 9.62 Å². The van der Waals surface area contributed by atoms with Crippen LogP contribution in [0.15, 0.2) is 0 Å². The van der Waals surface area contributed by atoms with Crippen LogP contribution >= 0.6 is 0 Å². The molecule has 0 amide bonds. The monoisotopic (exact) mass is 246 g/mol. The summed E-state index contributed by atoms with van der Waals surface area (Å²) in [5.74, 6) is 0. The number of nitrogens with one attached hydrogen (secondary N) is 1. The highest BCUT2D eigenvalue weighted by Crippen LogP contribution is 2.34. The van der Waals surface area contributed by atoms with Gasteiger partial charge in [0, 0.05) is 19.1 Å². The molecule has 2 fully saturated rings. The normalized spacial score (nSPS) is 28.2. The van der Waals surface area contributed by atoms with Gasteiger partial charge in [-0.1, -0.05) is 13.3 Å². The van der Waals surface area contributed by atoms with Crippen molar-refractivity contribution in [3.63, 3.8) is 0 Å². The van der Waals surface area contributed by atoms with Crippen molar-refractivity contribution >= 4 is 10.0 Å². The molecule has 0 aromatic heterocycles. The van der Waals surface area contributed by atoms with Crippen molar-refractivity contribution < 1.29 is 8.42 Å². The fourth-order valence-corrected chi connectivity index (χ4v) is 4.48. The summed E-state index contributed by atoms with van der Waals surface area (Å²) in [4.78, 5) is 0. The van der Waals surface area contributed by atoms with E-state index < -0.39 is 10.0 Å². The smallest absolute Gasteiger partial charge is 0.217 e. The second-order valence-electron chi connectivity index (χ2n) is 4.81. The number of nitrogens with zero attached hydrogens (tertiary/aromatic N) is 1. The van der Waals surface area contributed by atoms with Crippen LogP contribution in [-0.2, 0) is 10.0 Å². The fourth-order valence-electron chi connectivity index (χ4n) is 2.38. The summed E-state index contributed by atoms with van der Waals surface area (Å²) >= 11 is 0. The lowest BCUT2D eigenvalue weighted by Crippen LogP contribution is -2.49. The SMILES string of the molecule is CCNCC1CCCCN1S(=O)(=O)C1CC1. The highest BCUT2D eigenvalue weighted by atomic mass is 32.2. The van der Waals surface area contributed by atoms with Crippen LogP contribution in [0.3, 0.4) is 0 Å². The summed E-state index contributed by atoms with van der Waals surface area (Å²) < 4.78 is 26.2. The molecule has 1 heterocycles. The first-order valence-electron chi connectivity index (χ1n) is 6.37. The maximum atomic E-state index is 12.2. The highest BCUT2D eigenvalue weighted by molar-refractivity contribution is 7.90. The molecule has 0 radical (unpaired) electrons. The number of rotatable bonds is 5. The van der Waals surface area contributed by atoms with Crippen LogP contribution in [-0.4, -0.2) is 43.6 Å². The van der Waals surface area contributed by atoms with Gasteiger partial charge in [-0.15, -0.1) is 0 Å². The third-order valence-electron chi connectivity index (χ3n) is 3.48. The maximum Gasteiger partial charge on any atom is 0.217 e. The van der Waals surface area contributed by atoms with E-state index in [2.05, 4.69) is 12.2 Å². The van der Waals surface area contributed by atoms with Crippen LogP contribution in [0, 0.1) is 0 Å². The molecule has 2 rings (SSSR count). The molecule has 2 aliphatic rings. The zero-order valence-electron chi connectivity index (χ0n) is 9.98. The topological polar surface area (TPSA) is 49.4 Å². The van der Waals surface area contributed by atoms with E-state index in [0.717, 1.165) is 51.7 Å². The van der Waals surface area contributed by atoms with Gasteiger partial charge in [0.2, 0.25) is 10.0 Å². The number of sulfonamides is 1. The lowest BCUT2D eigenvalue weighted by atomic mass is 10.1. The van der Waals surface area contributed by atoms with E-state index >= 15 is 0 Å². The Morgan fingerprint density at radius 2 is 2.00 bits per heavy atom. The Labute approximate surface area is 98.4 Å². The van der Waals surface area contributed by atoms with Crippen LogP contribution in [0.1, 0.15) is 39.0 Å². The van der Waals surface area contributed by atoms with E-state index in [1.54, 1.807) is 4.31 Å². The van der Waals surface area contributed by atoms with Crippen LogP contribution < -0.4 is 5.32 Å². The molecule has 1 aliphatic heterocycles. The van der Waals surface area contributed by atoms with Gasteiger partial charge in [0.15, 0.2) is 0 Å². The quantitative estimate of drug-likeness (QED) is 0.785. The molecule has 1 N–H and O–H groups in total. The van der Waals surface area contributed by atoms with E-state index in [0.29, 0.717) is 0 Å². The zero-order valence-corrected chi connectivity index (χ0v) is 10.8. The number of hydrogen-bond donors (Lipinski definition) is 1. The summed E-state index contributed by atoms with van der Waals surface area (Å²) in [7, 11) is -2.98. The Morgan fingerprint density at radius 3 is 2.62 bits per heavy atom. The standard InChI is InChI=1S/C11H22N2O2S/c1-2-12-9-10-5-3-4-8-13(10)16(14,15)11-6-7-11/h10-12H,2-9H2,1H3. The molecular weight excluding hydrogens is 224 g/mol.